The van der Waals surface area contributed by atoms with E-state index in [1.54, 1.807) is 11.3 Å². The van der Waals surface area contributed by atoms with Gasteiger partial charge in [0.15, 0.2) is 11.5 Å². The predicted octanol–water partition coefficient (Wildman–Crippen LogP) is 3.67. The number of halogens is 1. The van der Waals surface area contributed by atoms with Crippen molar-refractivity contribution in [2.75, 3.05) is 13.2 Å². The number of rotatable bonds is 2. The zero-order chi connectivity index (χ0) is 13.4. The van der Waals surface area contributed by atoms with Crippen LogP contribution in [0.15, 0.2) is 28.7 Å². The normalized spacial score (nSPS) is 15.3. The Hall–Kier alpha value is -1.04. The minimum absolute atomic E-state index is 0.539. The Bertz CT molecular complexity index is 609. The number of hydrogen-bond donors (Lipinski definition) is 1. The third kappa shape index (κ3) is 2.50. The van der Waals surface area contributed by atoms with E-state index in [1.165, 1.54) is 4.88 Å². The molecular formula is C14H13BrO3S. The lowest BCUT2D eigenvalue weighted by atomic mass is 10.1. The number of hydrogen-bond acceptors (Lipinski definition) is 4. The van der Waals surface area contributed by atoms with Crippen LogP contribution in [0.5, 0.6) is 11.5 Å². The quantitative estimate of drug-likeness (QED) is 0.906. The summed E-state index contributed by atoms with van der Waals surface area (Å²) in [4.78, 5) is 2.12. The number of benzene rings is 1. The van der Waals surface area contributed by atoms with Gasteiger partial charge in [-0.15, -0.1) is 11.3 Å². The first-order chi connectivity index (χ1) is 9.15. The molecule has 1 atom stereocenters. The van der Waals surface area contributed by atoms with E-state index in [4.69, 9.17) is 9.47 Å². The molecule has 19 heavy (non-hydrogen) atoms. The number of ether oxygens (including phenoxy) is 2. The topological polar surface area (TPSA) is 38.7 Å². The van der Waals surface area contributed by atoms with E-state index in [0.717, 1.165) is 14.9 Å². The Morgan fingerprint density at radius 1 is 1.26 bits per heavy atom. The van der Waals surface area contributed by atoms with Gasteiger partial charge in [-0.25, -0.2) is 0 Å². The van der Waals surface area contributed by atoms with Crippen LogP contribution >= 0.6 is 27.3 Å². The summed E-state index contributed by atoms with van der Waals surface area (Å²) < 4.78 is 11.9. The highest BCUT2D eigenvalue weighted by Crippen LogP contribution is 2.41. The molecule has 0 aliphatic carbocycles. The molecule has 0 saturated heterocycles. The van der Waals surface area contributed by atoms with Gasteiger partial charge in [0.25, 0.3) is 0 Å². The zero-order valence-electron chi connectivity index (χ0n) is 10.4. The van der Waals surface area contributed by atoms with Crippen LogP contribution in [-0.2, 0) is 0 Å². The molecule has 1 aliphatic heterocycles. The van der Waals surface area contributed by atoms with E-state index in [-0.39, 0.29) is 0 Å². The van der Waals surface area contributed by atoms with Gasteiger partial charge < -0.3 is 14.6 Å². The summed E-state index contributed by atoms with van der Waals surface area (Å²) in [5, 5.41) is 10.4. The van der Waals surface area contributed by atoms with Crippen molar-refractivity contribution < 1.29 is 14.6 Å². The molecule has 3 rings (SSSR count). The third-order valence-electron chi connectivity index (χ3n) is 2.97. The molecule has 3 nitrogen and oxygen atoms in total. The van der Waals surface area contributed by atoms with Gasteiger partial charge in [0.2, 0.25) is 0 Å². The molecule has 0 saturated carbocycles. The number of aliphatic hydroxyl groups excluding tert-OH is 1. The maximum Gasteiger partial charge on any atom is 0.175 e. The van der Waals surface area contributed by atoms with E-state index < -0.39 is 6.10 Å². The molecule has 2 aromatic rings. The molecular weight excluding hydrogens is 328 g/mol. The average molecular weight is 341 g/mol. The smallest absolute Gasteiger partial charge is 0.175 e. The highest BCUT2D eigenvalue weighted by atomic mass is 79.9. The molecule has 0 radical (unpaired) electrons. The monoisotopic (exact) mass is 340 g/mol. The largest absolute Gasteiger partial charge is 0.486 e. The predicted molar refractivity (Wildman–Crippen MR) is 78.2 cm³/mol. The Labute approximate surface area is 123 Å². The SMILES string of the molecule is Cc1ccc(C(O)c2cc(Br)c3c(c2)OCCO3)s1. The van der Waals surface area contributed by atoms with Crippen molar-refractivity contribution in [2.45, 2.75) is 13.0 Å². The lowest BCUT2D eigenvalue weighted by Gasteiger charge is -2.21. The number of aryl methyl sites for hydroxylation is 1. The molecule has 100 valence electrons. The van der Waals surface area contributed by atoms with Gasteiger partial charge in [0.05, 0.1) is 4.47 Å². The maximum atomic E-state index is 10.4. The molecule has 0 amide bonds. The summed E-state index contributed by atoms with van der Waals surface area (Å²) in [6.07, 6.45) is -0.633. The van der Waals surface area contributed by atoms with Crippen molar-refractivity contribution >= 4 is 27.3 Å². The molecule has 1 aromatic carbocycles. The molecule has 1 unspecified atom stereocenters. The minimum Gasteiger partial charge on any atom is -0.486 e. The van der Waals surface area contributed by atoms with Gasteiger partial charge in [-0.3, -0.25) is 0 Å². The molecule has 0 bridgehead atoms. The fourth-order valence-electron chi connectivity index (χ4n) is 2.05. The first kappa shape index (κ1) is 13.0. The van der Waals surface area contributed by atoms with Crippen molar-refractivity contribution in [3.63, 3.8) is 0 Å². The Morgan fingerprint density at radius 3 is 2.79 bits per heavy atom. The van der Waals surface area contributed by atoms with Crippen molar-refractivity contribution in [2.24, 2.45) is 0 Å². The fourth-order valence-corrected chi connectivity index (χ4v) is 3.52. The number of aliphatic hydroxyl groups is 1. The number of fused-ring (bicyclic) bond motifs is 1. The van der Waals surface area contributed by atoms with Crippen LogP contribution in [0.2, 0.25) is 0 Å². The number of thiophene rings is 1. The van der Waals surface area contributed by atoms with Gasteiger partial charge in [0.1, 0.15) is 19.3 Å². The summed E-state index contributed by atoms with van der Waals surface area (Å²) >= 11 is 5.06. The van der Waals surface area contributed by atoms with Crippen LogP contribution in [0.4, 0.5) is 0 Å². The zero-order valence-corrected chi connectivity index (χ0v) is 12.8. The Kier molecular flexibility index (Phi) is 3.52. The second-order valence-corrected chi connectivity index (χ2v) is 6.55. The summed E-state index contributed by atoms with van der Waals surface area (Å²) in [6.45, 7) is 3.12. The van der Waals surface area contributed by atoms with Crippen molar-refractivity contribution in [3.05, 3.63) is 44.1 Å². The third-order valence-corrected chi connectivity index (χ3v) is 4.61. The van der Waals surface area contributed by atoms with Crippen LogP contribution in [-0.4, -0.2) is 18.3 Å². The highest BCUT2D eigenvalue weighted by molar-refractivity contribution is 9.10. The molecule has 1 aromatic heterocycles. The average Bonchev–Trinajstić information content (AvgIpc) is 2.84. The summed E-state index contributed by atoms with van der Waals surface area (Å²) in [5.74, 6) is 1.40. The van der Waals surface area contributed by atoms with E-state index in [9.17, 15) is 5.11 Å². The van der Waals surface area contributed by atoms with E-state index in [0.29, 0.717) is 24.7 Å². The van der Waals surface area contributed by atoms with E-state index in [2.05, 4.69) is 15.9 Å². The van der Waals surface area contributed by atoms with Gasteiger partial charge in [0, 0.05) is 9.75 Å². The first-order valence-electron chi connectivity index (χ1n) is 5.98. The lowest BCUT2D eigenvalue weighted by Crippen LogP contribution is -2.16. The Morgan fingerprint density at radius 2 is 2.05 bits per heavy atom. The van der Waals surface area contributed by atoms with Gasteiger partial charge in [-0.2, -0.15) is 0 Å². The fraction of sp³-hybridized carbons (Fsp3) is 0.286. The molecule has 5 heteroatoms. The van der Waals surface area contributed by atoms with Crippen LogP contribution in [0, 0.1) is 6.92 Å². The highest BCUT2D eigenvalue weighted by Gasteiger charge is 2.20. The van der Waals surface area contributed by atoms with Crippen LogP contribution < -0.4 is 9.47 Å². The molecule has 1 N–H and O–H groups in total. The maximum absolute atomic E-state index is 10.4. The molecule has 0 fully saturated rings. The van der Waals surface area contributed by atoms with Crippen molar-refractivity contribution in [3.8, 4) is 11.5 Å². The van der Waals surface area contributed by atoms with E-state index in [1.807, 2.05) is 31.2 Å². The van der Waals surface area contributed by atoms with Gasteiger partial charge in [-0.05, 0) is 52.7 Å². The minimum atomic E-state index is -0.633. The molecule has 2 heterocycles. The van der Waals surface area contributed by atoms with Crippen LogP contribution in [0.1, 0.15) is 21.4 Å². The Balaban J connectivity index is 1.99. The van der Waals surface area contributed by atoms with Gasteiger partial charge in [-0.1, -0.05) is 0 Å². The summed E-state index contributed by atoms with van der Waals surface area (Å²) in [7, 11) is 0. The lowest BCUT2D eigenvalue weighted by molar-refractivity contribution is 0.168. The van der Waals surface area contributed by atoms with E-state index >= 15 is 0 Å². The molecule has 0 spiro atoms. The molecule has 1 aliphatic rings. The summed E-state index contributed by atoms with van der Waals surface area (Å²) in [6, 6.07) is 7.69. The van der Waals surface area contributed by atoms with Crippen molar-refractivity contribution in [1.82, 2.24) is 0 Å². The first-order valence-corrected chi connectivity index (χ1v) is 7.59. The standard InChI is InChI=1S/C14H13BrO3S/c1-8-2-3-12(19-8)13(16)9-6-10(15)14-11(7-9)17-4-5-18-14/h2-3,6-7,13,16H,4-5H2,1H3. The second-order valence-electron chi connectivity index (χ2n) is 4.38. The van der Waals surface area contributed by atoms with Crippen molar-refractivity contribution in [1.29, 1.82) is 0 Å². The van der Waals surface area contributed by atoms with Crippen LogP contribution in [0.3, 0.4) is 0 Å². The van der Waals surface area contributed by atoms with Crippen LogP contribution in [0.25, 0.3) is 0 Å². The summed E-state index contributed by atoms with van der Waals surface area (Å²) in [5.41, 5.74) is 0.804. The van der Waals surface area contributed by atoms with Gasteiger partial charge >= 0.3 is 0 Å². The second kappa shape index (κ2) is 5.15.